The first-order valence-corrected chi connectivity index (χ1v) is 49.8. The van der Waals surface area contributed by atoms with E-state index in [-0.39, 0.29) is 25.7 Å². The molecule has 0 amide bonds. The number of esters is 4. The van der Waals surface area contributed by atoms with Crippen molar-refractivity contribution in [3.8, 4) is 0 Å². The number of hydrogen-bond donors (Lipinski definition) is 3. The van der Waals surface area contributed by atoms with E-state index < -0.39 is 97.5 Å². The predicted molar refractivity (Wildman–Crippen MR) is 455 cm³/mol. The van der Waals surface area contributed by atoms with Gasteiger partial charge in [-0.1, -0.05) is 434 Å². The number of phosphoric ester groups is 2. The van der Waals surface area contributed by atoms with Crippen LogP contribution < -0.4 is 0 Å². The van der Waals surface area contributed by atoms with Crippen molar-refractivity contribution in [2.24, 2.45) is 17.8 Å². The molecule has 5 atom stereocenters. The first-order valence-electron chi connectivity index (χ1n) is 46.8. The molecule has 0 aromatic carbocycles. The maximum atomic E-state index is 13.2. The first-order chi connectivity index (χ1) is 53.2. The van der Waals surface area contributed by atoms with Crippen molar-refractivity contribution >= 4 is 39.5 Å². The van der Waals surface area contributed by atoms with Crippen molar-refractivity contribution in [1.29, 1.82) is 0 Å². The number of hydrogen-bond acceptors (Lipinski definition) is 15. The Balaban J connectivity index is 5.24. The van der Waals surface area contributed by atoms with Crippen molar-refractivity contribution in [1.82, 2.24) is 0 Å². The number of unbranched alkanes of at least 4 members (excludes halogenated alkanes) is 57. The lowest BCUT2D eigenvalue weighted by Crippen LogP contribution is -2.30. The van der Waals surface area contributed by atoms with Crippen molar-refractivity contribution in [3.05, 3.63) is 0 Å². The normalized spacial score (nSPS) is 13.8. The Morgan fingerprint density at radius 2 is 0.418 bits per heavy atom. The summed E-state index contributed by atoms with van der Waals surface area (Å²) < 4.78 is 69.1. The van der Waals surface area contributed by atoms with Gasteiger partial charge in [-0.25, -0.2) is 9.13 Å². The third-order valence-electron chi connectivity index (χ3n) is 21.4. The number of phosphoric acid groups is 2. The van der Waals surface area contributed by atoms with E-state index in [0.29, 0.717) is 25.7 Å². The zero-order valence-electron chi connectivity index (χ0n) is 72.7. The molecular formula is C91H178O17P2. The smallest absolute Gasteiger partial charge is 0.462 e. The van der Waals surface area contributed by atoms with Crippen molar-refractivity contribution in [2.45, 2.75) is 503 Å². The zero-order chi connectivity index (χ0) is 80.8. The molecule has 0 saturated heterocycles. The van der Waals surface area contributed by atoms with Gasteiger partial charge in [0.05, 0.1) is 26.4 Å². The highest BCUT2D eigenvalue weighted by Gasteiger charge is 2.31. The third kappa shape index (κ3) is 84.0. The van der Waals surface area contributed by atoms with E-state index in [9.17, 15) is 43.2 Å². The maximum absolute atomic E-state index is 13.2. The number of aliphatic hydroxyl groups excluding tert-OH is 1. The van der Waals surface area contributed by atoms with Crippen LogP contribution in [0.2, 0.25) is 0 Å². The Morgan fingerprint density at radius 1 is 0.245 bits per heavy atom. The highest BCUT2D eigenvalue weighted by Crippen LogP contribution is 2.45. The van der Waals surface area contributed by atoms with E-state index in [1.54, 1.807) is 0 Å². The Hall–Kier alpha value is -1.94. The van der Waals surface area contributed by atoms with Crippen LogP contribution in [0.5, 0.6) is 0 Å². The van der Waals surface area contributed by atoms with Gasteiger partial charge in [-0.05, 0) is 43.4 Å². The average molecular weight is 1610 g/mol. The molecule has 0 aliphatic carbocycles. The minimum absolute atomic E-state index is 0.108. The van der Waals surface area contributed by atoms with Crippen LogP contribution in [0, 0.1) is 17.8 Å². The van der Waals surface area contributed by atoms with Gasteiger partial charge < -0.3 is 33.8 Å². The lowest BCUT2D eigenvalue weighted by Gasteiger charge is -2.21. The van der Waals surface area contributed by atoms with Crippen LogP contribution in [-0.4, -0.2) is 96.7 Å². The fourth-order valence-electron chi connectivity index (χ4n) is 14.3. The molecule has 0 spiro atoms. The van der Waals surface area contributed by atoms with Crippen LogP contribution in [0.25, 0.3) is 0 Å². The molecule has 0 fully saturated rings. The standard InChI is InChI=1S/C91H178O17P2/c1-8-9-10-11-12-13-14-15-16-17-18-19-20-21-29-34-39-44-53-60-67-74-90(95)107-86(78-101-88(93)72-65-58-51-43-38-33-28-24-22-26-31-36-41-48-55-62-69-82(2)3)80-105-109(97,98)103-76-85(92)77-104-110(99,100)106-81-87(79-102-89(94)73-66-59-52-47-46-50-57-64-71-84(6)7)108-91(96)75-68-61-54-45-40-35-30-25-23-27-32-37-42-49-56-63-70-83(4)5/h82-87,92H,8-81H2,1-7H3,(H,97,98)(H,99,100)/t85-,86-,87-/m1/s1. The average Bonchev–Trinajstić information content (AvgIpc) is 0.897. The molecule has 3 N–H and O–H groups in total. The Labute approximate surface area is 677 Å². The first kappa shape index (κ1) is 108. The summed E-state index contributed by atoms with van der Waals surface area (Å²) in [7, 11) is -9.94. The highest BCUT2D eigenvalue weighted by atomic mass is 31.2. The molecule has 0 aromatic rings. The highest BCUT2D eigenvalue weighted by molar-refractivity contribution is 7.47. The summed E-state index contributed by atoms with van der Waals surface area (Å²) in [5.74, 6) is 0.249. The van der Waals surface area contributed by atoms with Gasteiger partial charge in [0.25, 0.3) is 0 Å². The molecule has 19 heteroatoms. The van der Waals surface area contributed by atoms with Gasteiger partial charge >= 0.3 is 39.5 Å². The number of ether oxygens (including phenoxy) is 4. The summed E-state index contributed by atoms with van der Waals surface area (Å²) >= 11 is 0. The van der Waals surface area contributed by atoms with E-state index in [1.807, 2.05) is 0 Å². The van der Waals surface area contributed by atoms with E-state index in [1.165, 1.54) is 295 Å². The molecule has 2 unspecified atom stereocenters. The van der Waals surface area contributed by atoms with Gasteiger partial charge in [-0.15, -0.1) is 0 Å². The van der Waals surface area contributed by atoms with Crippen LogP contribution in [-0.2, 0) is 65.4 Å². The molecule has 0 rings (SSSR count). The zero-order valence-corrected chi connectivity index (χ0v) is 74.5. The van der Waals surface area contributed by atoms with Crippen LogP contribution in [0.15, 0.2) is 0 Å². The Morgan fingerprint density at radius 3 is 0.618 bits per heavy atom. The second kappa shape index (κ2) is 80.8. The number of carbonyl (C=O) groups excluding carboxylic acids is 4. The topological polar surface area (TPSA) is 237 Å². The van der Waals surface area contributed by atoms with E-state index in [0.717, 1.165) is 108 Å². The molecule has 17 nitrogen and oxygen atoms in total. The third-order valence-corrected chi connectivity index (χ3v) is 23.3. The van der Waals surface area contributed by atoms with Gasteiger partial charge in [0.15, 0.2) is 12.2 Å². The lowest BCUT2D eigenvalue weighted by atomic mass is 10.0. The molecule has 0 aliphatic heterocycles. The molecule has 0 aromatic heterocycles. The largest absolute Gasteiger partial charge is 0.472 e. The fourth-order valence-corrected chi connectivity index (χ4v) is 15.8. The lowest BCUT2D eigenvalue weighted by molar-refractivity contribution is -0.161. The molecule has 0 heterocycles. The number of rotatable bonds is 89. The van der Waals surface area contributed by atoms with Crippen molar-refractivity contribution < 1.29 is 80.2 Å². The van der Waals surface area contributed by atoms with Crippen LogP contribution >= 0.6 is 15.6 Å². The second-order valence-corrected chi connectivity index (χ2v) is 37.0. The van der Waals surface area contributed by atoms with Crippen molar-refractivity contribution in [3.63, 3.8) is 0 Å². The van der Waals surface area contributed by atoms with E-state index in [2.05, 4.69) is 48.5 Å². The molecule has 0 aliphatic rings. The SMILES string of the molecule is CCCCCCCCCCCCCCCCCCCCCCCC(=O)O[C@H](COC(=O)CCCCCCCCCCCCCCCCCCC(C)C)COP(=O)(O)OC[C@@H](O)COP(=O)(O)OC[C@@H](COC(=O)CCCCCCCCCCC(C)C)OC(=O)CCCCCCCCCCCCCCCCCCC(C)C. The van der Waals surface area contributed by atoms with Gasteiger partial charge in [-0.2, -0.15) is 0 Å². The van der Waals surface area contributed by atoms with Crippen molar-refractivity contribution in [2.75, 3.05) is 39.6 Å². The molecule has 110 heavy (non-hydrogen) atoms. The molecule has 0 bridgehead atoms. The molecular weight excluding hydrogens is 1430 g/mol. The molecule has 654 valence electrons. The summed E-state index contributed by atoms with van der Waals surface area (Å²) in [6, 6.07) is 0. The van der Waals surface area contributed by atoms with Gasteiger partial charge in [0.1, 0.15) is 19.3 Å². The maximum Gasteiger partial charge on any atom is 0.472 e. The minimum atomic E-state index is -4.97. The van der Waals surface area contributed by atoms with E-state index >= 15 is 0 Å². The molecule has 0 radical (unpaired) electrons. The van der Waals surface area contributed by atoms with Crippen LogP contribution in [0.1, 0.15) is 485 Å². The van der Waals surface area contributed by atoms with Crippen LogP contribution in [0.3, 0.4) is 0 Å². The van der Waals surface area contributed by atoms with Gasteiger partial charge in [-0.3, -0.25) is 37.3 Å². The monoisotopic (exact) mass is 1610 g/mol. The van der Waals surface area contributed by atoms with Gasteiger partial charge in [0, 0.05) is 25.7 Å². The summed E-state index contributed by atoms with van der Waals surface area (Å²) in [6.45, 7) is 12.0. The predicted octanol–water partition coefficient (Wildman–Crippen LogP) is 28.0. The Kier molecular flexibility index (Phi) is 79.4. The number of aliphatic hydroxyl groups is 1. The minimum Gasteiger partial charge on any atom is -0.462 e. The number of carbonyl (C=O) groups is 4. The summed E-state index contributed by atoms with van der Waals surface area (Å²) in [5, 5.41) is 10.7. The fraction of sp³-hybridized carbons (Fsp3) is 0.956. The quantitative estimate of drug-likeness (QED) is 0.0222. The van der Waals surface area contributed by atoms with Gasteiger partial charge in [0.2, 0.25) is 0 Å². The molecule has 0 saturated carbocycles. The van der Waals surface area contributed by atoms with Crippen LogP contribution in [0.4, 0.5) is 0 Å². The summed E-state index contributed by atoms with van der Waals surface area (Å²) in [5.41, 5.74) is 0. The van der Waals surface area contributed by atoms with E-state index in [4.69, 9.17) is 37.0 Å². The Bertz CT molecular complexity index is 2110. The summed E-state index contributed by atoms with van der Waals surface area (Å²) in [6.07, 6.45) is 73.8. The second-order valence-electron chi connectivity index (χ2n) is 34.1. The summed E-state index contributed by atoms with van der Waals surface area (Å²) in [4.78, 5) is 73.4.